The third-order valence-corrected chi connectivity index (χ3v) is 6.00. The zero-order valence-electron chi connectivity index (χ0n) is 16.5. The lowest BCUT2D eigenvalue weighted by Gasteiger charge is -2.07. The predicted molar refractivity (Wildman–Crippen MR) is 124 cm³/mol. The number of nitrogens with zero attached hydrogens (tertiary/aromatic N) is 2. The number of para-hydroxylation sites is 1. The third-order valence-electron chi connectivity index (χ3n) is 4.57. The van der Waals surface area contributed by atoms with E-state index in [4.69, 9.17) is 18.0 Å². The van der Waals surface area contributed by atoms with Crippen molar-refractivity contribution in [1.82, 2.24) is 15.1 Å². The van der Waals surface area contributed by atoms with Gasteiger partial charge in [0.2, 0.25) is 5.91 Å². The first kappa shape index (κ1) is 20.7. The molecule has 0 atom stereocenters. The number of halogens is 1. The van der Waals surface area contributed by atoms with Crippen LogP contribution in [0.25, 0.3) is 15.9 Å². The number of nitrogens with one attached hydrogen (secondary N) is 2. The average Bonchev–Trinajstić information content (AvgIpc) is 3.33. The summed E-state index contributed by atoms with van der Waals surface area (Å²) in [5, 5.41) is 11.4. The molecule has 0 radical (unpaired) electrons. The molecule has 6 nitrogen and oxygen atoms in total. The van der Waals surface area contributed by atoms with Crippen LogP contribution in [0.4, 0.5) is 5.69 Å². The number of carbonyl (C=O) groups is 2. The molecule has 0 fully saturated rings. The maximum absolute atomic E-state index is 12.6. The van der Waals surface area contributed by atoms with E-state index in [2.05, 4.69) is 21.7 Å². The molecule has 0 spiro atoms. The smallest absolute Gasteiger partial charge is 0.261 e. The molecule has 8 heteroatoms. The summed E-state index contributed by atoms with van der Waals surface area (Å²) in [4.78, 5) is 26.1. The lowest BCUT2D eigenvalue weighted by molar-refractivity contribution is -0.115. The number of fused-ring (bicyclic) bond motifs is 1. The number of aryl methyl sites for hydroxylation is 1. The Morgan fingerprint density at radius 1 is 1.19 bits per heavy atom. The number of aromatic nitrogens is 2. The third kappa shape index (κ3) is 4.31. The van der Waals surface area contributed by atoms with Crippen LogP contribution < -0.4 is 10.6 Å². The molecule has 0 saturated heterocycles. The van der Waals surface area contributed by atoms with E-state index in [1.807, 2.05) is 25.1 Å². The lowest BCUT2D eigenvalue weighted by atomic mass is 10.2. The number of thiophene rings is 1. The van der Waals surface area contributed by atoms with Gasteiger partial charge in [-0.1, -0.05) is 35.7 Å². The van der Waals surface area contributed by atoms with Crippen molar-refractivity contribution in [3.05, 3.63) is 75.8 Å². The first-order valence-corrected chi connectivity index (χ1v) is 10.5. The summed E-state index contributed by atoms with van der Waals surface area (Å²) in [5.74, 6) is 1.83. The lowest BCUT2D eigenvalue weighted by Crippen LogP contribution is -2.32. The highest BCUT2D eigenvalue weighted by atomic mass is 35.5. The van der Waals surface area contributed by atoms with Crippen LogP contribution in [0, 0.1) is 19.3 Å². The fourth-order valence-corrected chi connectivity index (χ4v) is 4.39. The van der Waals surface area contributed by atoms with Gasteiger partial charge in [0.1, 0.15) is 4.83 Å². The van der Waals surface area contributed by atoms with Crippen LogP contribution in [0.15, 0.2) is 54.6 Å². The van der Waals surface area contributed by atoms with E-state index in [1.165, 1.54) is 11.3 Å². The molecule has 0 saturated carbocycles. The Hall–Kier alpha value is -3.60. The van der Waals surface area contributed by atoms with E-state index in [-0.39, 0.29) is 18.4 Å². The maximum atomic E-state index is 12.6. The number of hydrogen-bond donors (Lipinski definition) is 2. The number of hydrogen-bond acceptors (Lipinski definition) is 4. The van der Waals surface area contributed by atoms with Crippen LogP contribution in [0.5, 0.6) is 0 Å². The zero-order valence-corrected chi connectivity index (χ0v) is 18.1. The minimum atomic E-state index is -0.345. The molecular formula is C23H17ClN4O2S. The fraction of sp³-hybridized carbons (Fsp3) is 0.0870. The van der Waals surface area contributed by atoms with Gasteiger partial charge in [-0.2, -0.15) is 5.10 Å². The molecule has 2 amide bonds. The molecule has 2 aromatic heterocycles. The van der Waals surface area contributed by atoms with E-state index >= 15 is 0 Å². The van der Waals surface area contributed by atoms with Gasteiger partial charge in [-0.05, 0) is 43.3 Å². The van der Waals surface area contributed by atoms with Gasteiger partial charge in [0.05, 0.1) is 27.8 Å². The Labute approximate surface area is 187 Å². The Morgan fingerprint density at radius 3 is 2.77 bits per heavy atom. The van der Waals surface area contributed by atoms with Crippen LogP contribution >= 0.6 is 22.9 Å². The quantitative estimate of drug-likeness (QED) is 0.444. The van der Waals surface area contributed by atoms with Crippen molar-refractivity contribution >= 4 is 50.7 Å². The minimum Gasteiger partial charge on any atom is -0.342 e. The van der Waals surface area contributed by atoms with Gasteiger partial charge in [-0.3, -0.25) is 9.59 Å². The highest BCUT2D eigenvalue weighted by molar-refractivity contribution is 7.20. The van der Waals surface area contributed by atoms with Crippen molar-refractivity contribution in [2.24, 2.45) is 0 Å². The molecule has 2 aromatic carbocycles. The minimum absolute atomic E-state index is 0.164. The van der Waals surface area contributed by atoms with Crippen molar-refractivity contribution in [2.45, 2.75) is 6.92 Å². The molecule has 0 aliphatic rings. The number of terminal acetylenes is 1. The normalized spacial score (nSPS) is 10.6. The van der Waals surface area contributed by atoms with Crippen LogP contribution in [-0.2, 0) is 4.79 Å². The maximum Gasteiger partial charge on any atom is 0.261 e. The van der Waals surface area contributed by atoms with Gasteiger partial charge in [0, 0.05) is 16.6 Å². The molecule has 0 aliphatic carbocycles. The van der Waals surface area contributed by atoms with Crippen molar-refractivity contribution in [2.75, 3.05) is 11.9 Å². The van der Waals surface area contributed by atoms with Gasteiger partial charge in [0.15, 0.2) is 0 Å². The van der Waals surface area contributed by atoms with Gasteiger partial charge in [-0.25, -0.2) is 4.68 Å². The van der Waals surface area contributed by atoms with Crippen molar-refractivity contribution < 1.29 is 9.59 Å². The van der Waals surface area contributed by atoms with Gasteiger partial charge in [0.25, 0.3) is 5.91 Å². The molecular weight excluding hydrogens is 432 g/mol. The molecule has 154 valence electrons. The van der Waals surface area contributed by atoms with E-state index in [1.54, 1.807) is 41.1 Å². The standard InChI is InChI=1S/C23H17ClN4O2S/c1-3-15-7-6-8-16(11-15)26-21(29)13-25-22(30)20-12-17-14(2)27-28(23(17)31-20)19-10-5-4-9-18(19)24/h1,4-12H,13H2,2H3,(H,25,30)(H,26,29). The largest absolute Gasteiger partial charge is 0.342 e. The monoisotopic (exact) mass is 448 g/mol. The average molecular weight is 449 g/mol. The number of anilines is 1. The SMILES string of the molecule is C#Cc1cccc(NC(=O)CNC(=O)c2cc3c(C)nn(-c4ccccc4Cl)c3s2)c1. The van der Waals surface area contributed by atoms with Crippen LogP contribution in [0.2, 0.25) is 5.02 Å². The summed E-state index contributed by atoms with van der Waals surface area (Å²) >= 11 is 7.61. The Morgan fingerprint density at radius 2 is 2.00 bits per heavy atom. The predicted octanol–water partition coefficient (Wildman–Crippen LogP) is 4.40. The molecule has 0 bridgehead atoms. The first-order valence-electron chi connectivity index (χ1n) is 9.35. The van der Waals surface area contributed by atoms with Crippen LogP contribution in [-0.4, -0.2) is 28.1 Å². The summed E-state index contributed by atoms with van der Waals surface area (Å²) in [6.07, 6.45) is 5.37. The zero-order chi connectivity index (χ0) is 22.0. The highest BCUT2D eigenvalue weighted by Gasteiger charge is 2.18. The molecule has 4 aromatic rings. The Balaban J connectivity index is 1.48. The summed E-state index contributed by atoms with van der Waals surface area (Å²) in [5.41, 5.74) is 2.77. The summed E-state index contributed by atoms with van der Waals surface area (Å²) in [7, 11) is 0. The molecule has 2 heterocycles. The number of benzene rings is 2. The number of amides is 2. The second-order valence-corrected chi connectivity index (χ2v) is 8.17. The van der Waals surface area contributed by atoms with Crippen molar-refractivity contribution in [3.8, 4) is 18.0 Å². The van der Waals surface area contributed by atoms with E-state index in [9.17, 15) is 9.59 Å². The topological polar surface area (TPSA) is 76.0 Å². The van der Waals surface area contributed by atoms with E-state index in [0.29, 0.717) is 21.2 Å². The summed E-state index contributed by atoms with van der Waals surface area (Å²) < 4.78 is 1.74. The summed E-state index contributed by atoms with van der Waals surface area (Å²) in [6.45, 7) is 1.71. The molecule has 2 N–H and O–H groups in total. The van der Waals surface area contributed by atoms with E-state index < -0.39 is 0 Å². The van der Waals surface area contributed by atoms with Crippen molar-refractivity contribution in [1.29, 1.82) is 0 Å². The Bertz CT molecular complexity index is 1350. The van der Waals surface area contributed by atoms with Crippen molar-refractivity contribution in [3.63, 3.8) is 0 Å². The number of rotatable bonds is 5. The second-order valence-electron chi connectivity index (χ2n) is 6.73. The van der Waals surface area contributed by atoms with Crippen LogP contribution in [0.1, 0.15) is 20.9 Å². The molecule has 31 heavy (non-hydrogen) atoms. The van der Waals surface area contributed by atoms with Gasteiger partial charge >= 0.3 is 0 Å². The second kappa shape index (κ2) is 8.64. The Kier molecular flexibility index (Phi) is 5.76. The van der Waals surface area contributed by atoms with E-state index in [0.717, 1.165) is 21.6 Å². The first-order chi connectivity index (χ1) is 15.0. The molecule has 0 unspecified atom stereocenters. The van der Waals surface area contributed by atoms with Gasteiger partial charge in [-0.15, -0.1) is 17.8 Å². The van der Waals surface area contributed by atoms with Gasteiger partial charge < -0.3 is 10.6 Å². The fourth-order valence-electron chi connectivity index (χ4n) is 3.09. The van der Waals surface area contributed by atoms with Crippen LogP contribution in [0.3, 0.4) is 0 Å². The highest BCUT2D eigenvalue weighted by Crippen LogP contribution is 2.32. The molecule has 0 aliphatic heterocycles. The summed E-state index contributed by atoms with van der Waals surface area (Å²) in [6, 6.07) is 16.1. The number of carbonyl (C=O) groups excluding carboxylic acids is 2. The molecule has 4 rings (SSSR count).